The normalized spacial score (nSPS) is 17.4. The fraction of sp³-hybridized carbons (Fsp3) is 0.562. The molecule has 0 unspecified atom stereocenters. The van der Waals surface area contributed by atoms with Crippen molar-refractivity contribution in [3.63, 3.8) is 0 Å². The largest absolute Gasteiger partial charge is 0.434 e. The van der Waals surface area contributed by atoms with Gasteiger partial charge in [0, 0.05) is 51.1 Å². The molecular weight excluding hydrogens is 335 g/mol. The van der Waals surface area contributed by atoms with E-state index in [-0.39, 0.29) is 11.8 Å². The first-order valence-electron chi connectivity index (χ1n) is 8.19. The molecule has 0 aromatic carbocycles. The summed E-state index contributed by atoms with van der Waals surface area (Å²) in [4.78, 5) is 15.6. The zero-order valence-corrected chi connectivity index (χ0v) is 13.9. The second-order valence-electron chi connectivity index (χ2n) is 6.35. The minimum absolute atomic E-state index is 0.0615. The molecule has 6 nitrogen and oxygen atoms in total. The van der Waals surface area contributed by atoms with Gasteiger partial charge < -0.3 is 9.88 Å². The number of amides is 1. The van der Waals surface area contributed by atoms with E-state index in [1.807, 2.05) is 13.1 Å². The van der Waals surface area contributed by atoms with E-state index in [9.17, 15) is 18.0 Å². The number of carbonyl (C=O) groups excluding carboxylic acids is 1. The molecule has 0 saturated carbocycles. The lowest BCUT2D eigenvalue weighted by Gasteiger charge is -2.23. The van der Waals surface area contributed by atoms with Crippen molar-refractivity contribution in [2.24, 2.45) is 13.0 Å². The van der Waals surface area contributed by atoms with Crippen molar-refractivity contribution >= 4 is 5.91 Å². The minimum atomic E-state index is -4.42. The summed E-state index contributed by atoms with van der Waals surface area (Å²) in [7, 11) is 1.83. The summed E-state index contributed by atoms with van der Waals surface area (Å²) in [5.41, 5.74) is 0.138. The summed E-state index contributed by atoms with van der Waals surface area (Å²) in [5.74, 6) is 0.517. The topological polar surface area (TPSA) is 64.7 Å². The van der Waals surface area contributed by atoms with E-state index in [1.165, 1.54) is 0 Å². The first-order chi connectivity index (χ1) is 11.8. The number of imidazole rings is 1. The van der Waals surface area contributed by atoms with Gasteiger partial charge in [-0.1, -0.05) is 0 Å². The monoisotopic (exact) mass is 355 g/mol. The van der Waals surface area contributed by atoms with Gasteiger partial charge in [0.05, 0.1) is 0 Å². The second kappa shape index (κ2) is 6.89. The Morgan fingerprint density at radius 2 is 2.24 bits per heavy atom. The lowest BCUT2D eigenvalue weighted by molar-refractivity contribution is -0.141. The lowest BCUT2D eigenvalue weighted by Crippen LogP contribution is -2.33. The highest BCUT2D eigenvalue weighted by Crippen LogP contribution is 2.30. The molecule has 1 aliphatic rings. The highest BCUT2D eigenvalue weighted by atomic mass is 19.4. The average molecular weight is 355 g/mol. The van der Waals surface area contributed by atoms with Gasteiger partial charge >= 0.3 is 6.18 Å². The van der Waals surface area contributed by atoms with Crippen molar-refractivity contribution in [3.05, 3.63) is 35.7 Å². The van der Waals surface area contributed by atoms with E-state index >= 15 is 0 Å². The minimum Gasteiger partial charge on any atom is -0.356 e. The molecule has 9 heteroatoms. The highest BCUT2D eigenvalue weighted by Gasteiger charge is 2.35. The fourth-order valence-corrected chi connectivity index (χ4v) is 3.05. The molecule has 2 aromatic rings. The van der Waals surface area contributed by atoms with Crippen LogP contribution in [0.1, 0.15) is 30.1 Å². The average Bonchev–Trinajstić information content (AvgIpc) is 3.16. The predicted molar refractivity (Wildman–Crippen MR) is 83.6 cm³/mol. The SMILES string of the molecule is Cn1nccc1CCC(=O)NC[C@H]1CCc2nc(C(F)(F)F)cn2C1. The van der Waals surface area contributed by atoms with Crippen molar-refractivity contribution in [2.75, 3.05) is 6.54 Å². The van der Waals surface area contributed by atoms with Gasteiger partial charge in [-0.3, -0.25) is 9.48 Å². The maximum Gasteiger partial charge on any atom is 0.434 e. The van der Waals surface area contributed by atoms with Crippen LogP contribution < -0.4 is 5.32 Å². The maximum atomic E-state index is 12.7. The van der Waals surface area contributed by atoms with Gasteiger partial charge in [-0.25, -0.2) is 4.98 Å². The number of rotatable bonds is 5. The van der Waals surface area contributed by atoms with Crippen LogP contribution in [0.2, 0.25) is 0 Å². The van der Waals surface area contributed by atoms with E-state index < -0.39 is 11.9 Å². The number of alkyl halides is 3. The summed E-state index contributed by atoms with van der Waals surface area (Å²) in [5, 5.41) is 6.93. The van der Waals surface area contributed by atoms with Crippen molar-refractivity contribution in [1.82, 2.24) is 24.6 Å². The fourth-order valence-electron chi connectivity index (χ4n) is 3.05. The van der Waals surface area contributed by atoms with E-state index in [4.69, 9.17) is 0 Å². The molecule has 2 aromatic heterocycles. The lowest BCUT2D eigenvalue weighted by atomic mass is 9.99. The molecule has 1 atom stereocenters. The highest BCUT2D eigenvalue weighted by molar-refractivity contribution is 5.76. The Bertz CT molecular complexity index is 749. The van der Waals surface area contributed by atoms with Crippen LogP contribution in [0.15, 0.2) is 18.5 Å². The van der Waals surface area contributed by atoms with E-state index in [0.29, 0.717) is 38.2 Å². The quantitative estimate of drug-likeness (QED) is 0.892. The number of aryl methyl sites for hydroxylation is 3. The van der Waals surface area contributed by atoms with Crippen LogP contribution in [0, 0.1) is 5.92 Å². The summed E-state index contributed by atoms with van der Waals surface area (Å²) >= 11 is 0. The third kappa shape index (κ3) is 4.21. The number of halogens is 3. The molecular formula is C16H20F3N5O. The van der Waals surface area contributed by atoms with Crippen LogP contribution >= 0.6 is 0 Å². The number of fused-ring (bicyclic) bond motifs is 1. The van der Waals surface area contributed by atoms with Gasteiger partial charge in [0.1, 0.15) is 5.82 Å². The third-order valence-electron chi connectivity index (χ3n) is 4.50. The van der Waals surface area contributed by atoms with Gasteiger partial charge in [0.2, 0.25) is 5.91 Å². The summed E-state index contributed by atoms with van der Waals surface area (Å²) < 4.78 is 41.4. The van der Waals surface area contributed by atoms with Gasteiger partial charge in [-0.15, -0.1) is 0 Å². The Morgan fingerprint density at radius 3 is 2.92 bits per heavy atom. The van der Waals surface area contributed by atoms with Crippen LogP contribution in [0.25, 0.3) is 0 Å². The Labute approximate surface area is 143 Å². The molecule has 3 rings (SSSR count). The molecule has 1 amide bonds. The number of nitrogens with zero attached hydrogens (tertiary/aromatic N) is 4. The molecule has 25 heavy (non-hydrogen) atoms. The summed E-state index contributed by atoms with van der Waals surface area (Å²) in [6, 6.07) is 1.87. The van der Waals surface area contributed by atoms with Crippen molar-refractivity contribution < 1.29 is 18.0 Å². The zero-order valence-electron chi connectivity index (χ0n) is 13.9. The first kappa shape index (κ1) is 17.5. The number of hydrogen-bond acceptors (Lipinski definition) is 3. The first-order valence-corrected chi connectivity index (χ1v) is 8.19. The number of nitrogens with one attached hydrogen (secondary N) is 1. The summed E-state index contributed by atoms with van der Waals surface area (Å²) in [6.07, 6.45) is 0.509. The van der Waals surface area contributed by atoms with Crippen LogP contribution in [0.5, 0.6) is 0 Å². The Morgan fingerprint density at radius 1 is 1.44 bits per heavy atom. The molecule has 1 aliphatic heterocycles. The van der Waals surface area contributed by atoms with Gasteiger partial charge in [0.25, 0.3) is 0 Å². The molecule has 0 bridgehead atoms. The standard InChI is InChI=1S/C16H20F3N5O/c1-23-12(6-7-21-23)3-5-15(25)20-8-11-2-4-14-22-13(16(17,18)19)10-24(14)9-11/h6-7,10-11H,2-5,8-9H2,1H3,(H,20,25)/t11-/m1/s1. The second-order valence-corrected chi connectivity index (χ2v) is 6.35. The number of carbonyl (C=O) groups is 1. The molecule has 0 fully saturated rings. The van der Waals surface area contributed by atoms with Crippen molar-refractivity contribution in [2.45, 2.75) is 38.4 Å². The Balaban J connectivity index is 1.47. The van der Waals surface area contributed by atoms with Gasteiger partial charge in [0.15, 0.2) is 5.69 Å². The molecule has 1 N–H and O–H groups in total. The molecule has 136 valence electrons. The predicted octanol–water partition coefficient (Wildman–Crippen LogP) is 1.95. The van der Waals surface area contributed by atoms with Crippen molar-refractivity contribution in [3.8, 4) is 0 Å². The Kier molecular flexibility index (Phi) is 4.82. The Hall–Kier alpha value is -2.32. The van der Waals surface area contributed by atoms with Crippen LogP contribution in [0.4, 0.5) is 13.2 Å². The van der Waals surface area contributed by atoms with Gasteiger partial charge in [-0.05, 0) is 24.8 Å². The van der Waals surface area contributed by atoms with Crippen molar-refractivity contribution in [1.29, 1.82) is 0 Å². The molecule has 0 aliphatic carbocycles. The molecule has 0 saturated heterocycles. The molecule has 0 radical (unpaired) electrons. The number of hydrogen-bond donors (Lipinski definition) is 1. The van der Waals surface area contributed by atoms with Crippen LogP contribution in [-0.4, -0.2) is 31.8 Å². The van der Waals surface area contributed by atoms with Crippen LogP contribution in [0.3, 0.4) is 0 Å². The molecule has 3 heterocycles. The smallest absolute Gasteiger partial charge is 0.356 e. The maximum absolute atomic E-state index is 12.7. The summed E-state index contributed by atoms with van der Waals surface area (Å²) in [6.45, 7) is 0.906. The van der Waals surface area contributed by atoms with Gasteiger partial charge in [-0.2, -0.15) is 18.3 Å². The zero-order chi connectivity index (χ0) is 18.0. The third-order valence-corrected chi connectivity index (χ3v) is 4.50. The van der Waals surface area contributed by atoms with E-state index in [2.05, 4.69) is 15.4 Å². The number of aromatic nitrogens is 4. The molecule has 0 spiro atoms. The van der Waals surface area contributed by atoms with Crippen LogP contribution in [-0.2, 0) is 37.4 Å². The van der Waals surface area contributed by atoms with E-state index in [1.54, 1.807) is 15.4 Å². The van der Waals surface area contributed by atoms with E-state index in [0.717, 1.165) is 18.3 Å².